The summed E-state index contributed by atoms with van der Waals surface area (Å²) < 4.78 is 5.51. The van der Waals surface area contributed by atoms with Crippen molar-refractivity contribution in [2.24, 2.45) is 0 Å². The summed E-state index contributed by atoms with van der Waals surface area (Å²) in [5, 5.41) is 2.13. The Morgan fingerprint density at radius 1 is 1.53 bits per heavy atom. The molecule has 0 aliphatic rings. The molecule has 1 amide bonds. The normalized spacial score (nSPS) is 11.7. The second-order valence-corrected chi connectivity index (χ2v) is 4.07. The molecule has 0 radical (unpaired) electrons. The molecule has 19 heavy (non-hydrogen) atoms. The number of hydrogen-bond donors (Lipinski definition) is 2. The first kappa shape index (κ1) is 15.0. The summed E-state index contributed by atoms with van der Waals surface area (Å²) in [6, 6.07) is -1.05. The van der Waals surface area contributed by atoms with Crippen LogP contribution in [0, 0.1) is 0 Å². The van der Waals surface area contributed by atoms with E-state index in [0.29, 0.717) is 0 Å². The SMILES string of the molecule is COC(=O)C(Cn1cc(Cl)c(=O)[nH]c1=O)NC(C)=O. The van der Waals surface area contributed by atoms with Crippen molar-refractivity contribution in [2.45, 2.75) is 19.5 Å². The minimum atomic E-state index is -1.05. The van der Waals surface area contributed by atoms with Crippen LogP contribution in [0.1, 0.15) is 6.92 Å². The number of methoxy groups -OCH3 is 1. The molecule has 104 valence electrons. The molecule has 1 unspecified atom stereocenters. The number of carbonyl (C=O) groups is 2. The van der Waals surface area contributed by atoms with Gasteiger partial charge in [-0.3, -0.25) is 19.1 Å². The maximum atomic E-state index is 11.5. The Kier molecular flexibility index (Phi) is 4.87. The number of aromatic nitrogens is 2. The molecule has 0 bridgehead atoms. The van der Waals surface area contributed by atoms with Crippen molar-refractivity contribution in [3.8, 4) is 0 Å². The van der Waals surface area contributed by atoms with Gasteiger partial charge in [-0.2, -0.15) is 0 Å². The van der Waals surface area contributed by atoms with E-state index in [1.807, 2.05) is 4.98 Å². The molecule has 1 rings (SSSR count). The van der Waals surface area contributed by atoms with Crippen LogP contribution >= 0.6 is 11.6 Å². The highest BCUT2D eigenvalue weighted by molar-refractivity contribution is 6.30. The largest absolute Gasteiger partial charge is 0.467 e. The van der Waals surface area contributed by atoms with Crippen molar-refractivity contribution in [1.29, 1.82) is 0 Å². The van der Waals surface area contributed by atoms with Crippen LogP contribution in [0.2, 0.25) is 5.02 Å². The number of halogens is 1. The van der Waals surface area contributed by atoms with E-state index in [9.17, 15) is 19.2 Å². The highest BCUT2D eigenvalue weighted by atomic mass is 35.5. The Hall–Kier alpha value is -2.09. The van der Waals surface area contributed by atoms with Crippen LogP contribution in [0.3, 0.4) is 0 Å². The third kappa shape index (κ3) is 3.95. The van der Waals surface area contributed by atoms with Gasteiger partial charge in [0.05, 0.1) is 13.7 Å². The molecular formula is C10H12ClN3O5. The number of H-pyrrole nitrogens is 1. The van der Waals surface area contributed by atoms with Crippen LogP contribution < -0.4 is 16.6 Å². The molecule has 0 spiro atoms. The zero-order chi connectivity index (χ0) is 14.6. The zero-order valence-electron chi connectivity index (χ0n) is 10.2. The lowest BCUT2D eigenvalue weighted by atomic mass is 10.3. The summed E-state index contributed by atoms with van der Waals surface area (Å²) in [4.78, 5) is 47.0. The summed E-state index contributed by atoms with van der Waals surface area (Å²) in [5.41, 5.74) is -1.47. The van der Waals surface area contributed by atoms with Gasteiger partial charge in [-0.05, 0) is 0 Å². The van der Waals surface area contributed by atoms with Gasteiger partial charge in [-0.25, -0.2) is 9.59 Å². The molecule has 0 aromatic carbocycles. The summed E-state index contributed by atoms with van der Waals surface area (Å²) in [6.07, 6.45) is 1.08. The Bertz CT molecular complexity index is 606. The summed E-state index contributed by atoms with van der Waals surface area (Å²) in [7, 11) is 1.15. The quantitative estimate of drug-likeness (QED) is 0.681. The monoisotopic (exact) mass is 289 g/mol. The van der Waals surface area contributed by atoms with E-state index in [1.165, 1.54) is 6.92 Å². The Labute approximate surface area is 112 Å². The number of amides is 1. The van der Waals surface area contributed by atoms with Gasteiger partial charge in [-0.1, -0.05) is 11.6 Å². The first-order valence-corrected chi connectivity index (χ1v) is 5.57. The number of nitrogens with one attached hydrogen (secondary N) is 2. The van der Waals surface area contributed by atoms with Gasteiger partial charge in [0.15, 0.2) is 0 Å². The molecular weight excluding hydrogens is 278 g/mol. The second-order valence-electron chi connectivity index (χ2n) is 3.66. The lowest BCUT2D eigenvalue weighted by Gasteiger charge is -2.16. The van der Waals surface area contributed by atoms with Crippen LogP contribution in [0.5, 0.6) is 0 Å². The number of carbonyl (C=O) groups excluding carboxylic acids is 2. The smallest absolute Gasteiger partial charge is 0.330 e. The van der Waals surface area contributed by atoms with Crippen molar-refractivity contribution in [3.63, 3.8) is 0 Å². The average Bonchev–Trinajstić information content (AvgIpc) is 2.33. The standard InChI is InChI=1S/C10H12ClN3O5/c1-5(15)12-7(9(17)19-2)4-14-3-6(11)8(16)13-10(14)18/h3,7H,4H2,1-2H3,(H,12,15)(H,13,16,18). The molecule has 0 saturated heterocycles. The van der Waals surface area contributed by atoms with Crippen molar-refractivity contribution in [3.05, 3.63) is 32.1 Å². The Morgan fingerprint density at radius 3 is 2.68 bits per heavy atom. The van der Waals surface area contributed by atoms with Gasteiger partial charge >= 0.3 is 11.7 Å². The van der Waals surface area contributed by atoms with Gasteiger partial charge in [0, 0.05) is 13.1 Å². The number of nitrogens with zero attached hydrogens (tertiary/aromatic N) is 1. The van der Waals surface area contributed by atoms with E-state index in [2.05, 4.69) is 10.1 Å². The third-order valence-electron chi connectivity index (χ3n) is 2.21. The van der Waals surface area contributed by atoms with Gasteiger partial charge in [-0.15, -0.1) is 0 Å². The fourth-order valence-electron chi connectivity index (χ4n) is 1.38. The second kappa shape index (κ2) is 6.19. The number of hydrogen-bond acceptors (Lipinski definition) is 5. The van der Waals surface area contributed by atoms with E-state index in [1.54, 1.807) is 0 Å². The summed E-state index contributed by atoms with van der Waals surface area (Å²) >= 11 is 5.58. The molecule has 0 aliphatic carbocycles. The Morgan fingerprint density at radius 2 is 2.16 bits per heavy atom. The minimum absolute atomic E-state index is 0.203. The first-order valence-electron chi connectivity index (χ1n) is 5.19. The molecule has 2 N–H and O–H groups in total. The molecule has 8 nitrogen and oxygen atoms in total. The minimum Gasteiger partial charge on any atom is -0.467 e. The topological polar surface area (TPSA) is 110 Å². The van der Waals surface area contributed by atoms with Crippen molar-refractivity contribution < 1.29 is 14.3 Å². The lowest BCUT2D eigenvalue weighted by molar-refractivity contribution is -0.145. The summed E-state index contributed by atoms with van der Waals surface area (Å²) in [6.45, 7) is 1.01. The van der Waals surface area contributed by atoms with Gasteiger partial charge in [0.2, 0.25) is 5.91 Å². The van der Waals surface area contributed by atoms with Crippen molar-refractivity contribution in [2.75, 3.05) is 7.11 Å². The van der Waals surface area contributed by atoms with E-state index < -0.39 is 29.2 Å². The molecule has 0 aliphatic heterocycles. The average molecular weight is 290 g/mol. The van der Waals surface area contributed by atoms with Crippen LogP contribution in [0.25, 0.3) is 0 Å². The van der Waals surface area contributed by atoms with Crippen LogP contribution in [-0.2, 0) is 20.9 Å². The fraction of sp³-hybridized carbons (Fsp3) is 0.400. The maximum Gasteiger partial charge on any atom is 0.330 e. The molecule has 1 heterocycles. The third-order valence-corrected chi connectivity index (χ3v) is 2.48. The number of aromatic amines is 1. The van der Waals surface area contributed by atoms with Crippen molar-refractivity contribution in [1.82, 2.24) is 14.9 Å². The van der Waals surface area contributed by atoms with Crippen LogP contribution in [0.4, 0.5) is 0 Å². The predicted molar refractivity (Wildman–Crippen MR) is 66.0 cm³/mol. The van der Waals surface area contributed by atoms with E-state index >= 15 is 0 Å². The van der Waals surface area contributed by atoms with Crippen molar-refractivity contribution >= 4 is 23.5 Å². The maximum absolute atomic E-state index is 11.5. The van der Waals surface area contributed by atoms with Gasteiger partial charge in [0.25, 0.3) is 5.56 Å². The highest BCUT2D eigenvalue weighted by Gasteiger charge is 2.21. The molecule has 9 heteroatoms. The predicted octanol–water partition coefficient (Wildman–Crippen LogP) is -1.13. The summed E-state index contributed by atoms with van der Waals surface area (Å²) in [5.74, 6) is -1.18. The first-order chi connectivity index (χ1) is 8.85. The van der Waals surface area contributed by atoms with E-state index in [4.69, 9.17) is 11.6 Å². The Balaban J connectivity index is 3.06. The molecule has 1 aromatic rings. The van der Waals surface area contributed by atoms with E-state index in [-0.39, 0.29) is 11.6 Å². The number of rotatable bonds is 4. The molecule has 0 saturated carbocycles. The fourth-order valence-corrected chi connectivity index (χ4v) is 1.55. The molecule has 1 aromatic heterocycles. The van der Waals surface area contributed by atoms with Gasteiger partial charge < -0.3 is 10.1 Å². The highest BCUT2D eigenvalue weighted by Crippen LogP contribution is 1.98. The number of ether oxygens (including phenoxy) is 1. The lowest BCUT2D eigenvalue weighted by Crippen LogP contribution is -2.46. The zero-order valence-corrected chi connectivity index (χ0v) is 11.0. The van der Waals surface area contributed by atoms with Crippen LogP contribution in [-0.4, -0.2) is 34.6 Å². The van der Waals surface area contributed by atoms with E-state index in [0.717, 1.165) is 17.9 Å². The van der Waals surface area contributed by atoms with Crippen LogP contribution in [0.15, 0.2) is 15.8 Å². The number of esters is 1. The van der Waals surface area contributed by atoms with Gasteiger partial charge in [0.1, 0.15) is 11.1 Å². The molecule has 0 fully saturated rings. The molecule has 1 atom stereocenters.